The summed E-state index contributed by atoms with van der Waals surface area (Å²) >= 11 is 1.15. The second kappa shape index (κ2) is 7.33. The normalized spacial score (nSPS) is 12.4. The van der Waals surface area contributed by atoms with Gasteiger partial charge in [-0.1, -0.05) is 5.16 Å². The van der Waals surface area contributed by atoms with E-state index in [2.05, 4.69) is 20.6 Å². The quantitative estimate of drug-likeness (QED) is 0.515. The average Bonchev–Trinajstić information content (AvgIpc) is 3.37. The van der Waals surface area contributed by atoms with Gasteiger partial charge in [-0.3, -0.25) is 9.48 Å². The van der Waals surface area contributed by atoms with Crippen LogP contribution in [0.4, 0.5) is 8.78 Å². The molecular weight excluding hydrogens is 404 g/mol. The number of halogens is 2. The number of aliphatic hydroxyl groups is 1. The van der Waals surface area contributed by atoms with E-state index in [0.717, 1.165) is 23.5 Å². The van der Waals surface area contributed by atoms with Gasteiger partial charge >= 0.3 is 0 Å². The van der Waals surface area contributed by atoms with Crippen molar-refractivity contribution < 1.29 is 23.2 Å². The highest BCUT2D eigenvalue weighted by atomic mass is 32.1. The molecule has 0 aliphatic rings. The molecule has 0 fully saturated rings. The van der Waals surface area contributed by atoms with E-state index in [-0.39, 0.29) is 11.5 Å². The van der Waals surface area contributed by atoms with Crippen LogP contribution in [0.5, 0.6) is 0 Å². The summed E-state index contributed by atoms with van der Waals surface area (Å²) in [5.74, 6) is -1.42. The molecule has 1 atom stereocenters. The highest BCUT2D eigenvalue weighted by Crippen LogP contribution is 2.35. The van der Waals surface area contributed by atoms with Crippen molar-refractivity contribution in [2.75, 3.05) is 6.61 Å². The molecule has 0 saturated heterocycles. The van der Waals surface area contributed by atoms with Crippen LogP contribution < -0.4 is 5.32 Å². The fourth-order valence-electron chi connectivity index (χ4n) is 2.90. The van der Waals surface area contributed by atoms with Crippen molar-refractivity contribution in [2.45, 2.75) is 13.0 Å². The lowest BCUT2D eigenvalue weighted by Crippen LogP contribution is -2.30. The van der Waals surface area contributed by atoms with Gasteiger partial charge in [-0.25, -0.2) is 8.78 Å². The Labute approximate surface area is 166 Å². The number of nitrogens with zero attached hydrogens (tertiary/aromatic N) is 4. The summed E-state index contributed by atoms with van der Waals surface area (Å²) in [4.78, 5) is 17.7. The van der Waals surface area contributed by atoms with Crippen molar-refractivity contribution in [1.82, 2.24) is 25.2 Å². The van der Waals surface area contributed by atoms with Gasteiger partial charge in [0.15, 0.2) is 5.82 Å². The van der Waals surface area contributed by atoms with Crippen LogP contribution in [0.15, 0.2) is 28.8 Å². The van der Waals surface area contributed by atoms with E-state index in [1.54, 1.807) is 20.0 Å². The SMILES string of the molecule is Cc1noc([C@@H](CO)NC(=O)c2cc3c(-c4ccc(F)cc4F)nn(C)c3s2)n1. The number of benzene rings is 1. The molecule has 1 aromatic carbocycles. The third kappa shape index (κ3) is 3.49. The number of fused-ring (bicyclic) bond motifs is 1. The van der Waals surface area contributed by atoms with E-state index >= 15 is 0 Å². The lowest BCUT2D eigenvalue weighted by Gasteiger charge is -2.10. The zero-order valence-corrected chi connectivity index (χ0v) is 16.1. The number of thiophene rings is 1. The van der Waals surface area contributed by atoms with Crippen LogP contribution in [0, 0.1) is 18.6 Å². The van der Waals surface area contributed by atoms with Crippen molar-refractivity contribution >= 4 is 27.5 Å². The number of amides is 1. The van der Waals surface area contributed by atoms with Crippen LogP contribution in [0.2, 0.25) is 0 Å². The second-order valence-corrected chi connectivity index (χ2v) is 7.34. The first kappa shape index (κ1) is 19.2. The first-order valence-corrected chi connectivity index (χ1v) is 9.33. The molecule has 8 nitrogen and oxygen atoms in total. The van der Waals surface area contributed by atoms with Gasteiger partial charge in [0.2, 0.25) is 0 Å². The van der Waals surface area contributed by atoms with Crippen LogP contribution in [0.3, 0.4) is 0 Å². The van der Waals surface area contributed by atoms with Gasteiger partial charge in [-0.05, 0) is 25.1 Å². The molecule has 4 rings (SSSR count). The van der Waals surface area contributed by atoms with E-state index in [1.807, 2.05) is 0 Å². The first-order chi connectivity index (χ1) is 13.9. The fourth-order valence-corrected chi connectivity index (χ4v) is 3.88. The monoisotopic (exact) mass is 419 g/mol. The molecular formula is C18H15F2N5O3S. The van der Waals surface area contributed by atoms with Gasteiger partial charge in [0.05, 0.1) is 11.5 Å². The summed E-state index contributed by atoms with van der Waals surface area (Å²) in [5, 5.41) is 20.7. The molecule has 1 amide bonds. The number of carbonyl (C=O) groups is 1. The Morgan fingerprint density at radius 3 is 2.83 bits per heavy atom. The van der Waals surface area contributed by atoms with Gasteiger partial charge in [0.25, 0.3) is 11.8 Å². The van der Waals surface area contributed by atoms with Crippen molar-refractivity contribution in [3.05, 3.63) is 52.5 Å². The molecule has 0 spiro atoms. The molecule has 0 aliphatic carbocycles. The summed E-state index contributed by atoms with van der Waals surface area (Å²) in [6.07, 6.45) is 0. The number of aromatic nitrogens is 4. The summed E-state index contributed by atoms with van der Waals surface area (Å²) in [6.45, 7) is 1.20. The van der Waals surface area contributed by atoms with Gasteiger partial charge in [0.1, 0.15) is 28.2 Å². The standard InChI is InChI=1S/C18H15F2N5O3S/c1-8-21-17(28-24-8)13(7-26)22-16(27)14-6-11-15(23-25(2)18(11)29-14)10-4-3-9(19)5-12(10)20/h3-6,13,26H,7H2,1-2H3,(H,22,27)/t13-/m1/s1. The molecule has 150 valence electrons. The summed E-state index contributed by atoms with van der Waals surface area (Å²) in [6, 6.07) is 3.96. The Morgan fingerprint density at radius 2 is 2.17 bits per heavy atom. The van der Waals surface area contributed by atoms with Crippen molar-refractivity contribution in [1.29, 1.82) is 0 Å². The summed E-state index contributed by atoms with van der Waals surface area (Å²) in [7, 11) is 1.67. The fraction of sp³-hybridized carbons (Fsp3) is 0.222. The molecule has 0 aliphatic heterocycles. The van der Waals surface area contributed by atoms with E-state index in [9.17, 15) is 18.7 Å². The second-order valence-electron chi connectivity index (χ2n) is 6.31. The molecule has 11 heteroatoms. The van der Waals surface area contributed by atoms with Gasteiger partial charge in [0, 0.05) is 24.1 Å². The number of hydrogen-bond donors (Lipinski definition) is 2. The first-order valence-electron chi connectivity index (χ1n) is 8.51. The van der Waals surface area contributed by atoms with E-state index in [0.29, 0.717) is 26.6 Å². The maximum Gasteiger partial charge on any atom is 0.262 e. The zero-order chi connectivity index (χ0) is 20.7. The summed E-state index contributed by atoms with van der Waals surface area (Å²) in [5.41, 5.74) is 0.442. The predicted molar refractivity (Wildman–Crippen MR) is 100 cm³/mol. The molecule has 0 bridgehead atoms. The largest absolute Gasteiger partial charge is 0.394 e. The summed E-state index contributed by atoms with van der Waals surface area (Å²) < 4.78 is 34.0. The number of nitrogens with one attached hydrogen (secondary N) is 1. The maximum absolute atomic E-state index is 14.2. The van der Waals surface area contributed by atoms with E-state index in [1.165, 1.54) is 10.7 Å². The van der Waals surface area contributed by atoms with Crippen LogP contribution in [-0.2, 0) is 7.05 Å². The van der Waals surface area contributed by atoms with Crippen LogP contribution >= 0.6 is 11.3 Å². The Balaban J connectivity index is 1.68. The molecule has 0 unspecified atom stereocenters. The van der Waals surface area contributed by atoms with Crippen LogP contribution in [0.1, 0.15) is 27.4 Å². The molecule has 2 N–H and O–H groups in total. The molecule has 0 radical (unpaired) electrons. The number of aryl methyl sites for hydroxylation is 2. The average molecular weight is 419 g/mol. The van der Waals surface area contributed by atoms with Gasteiger partial charge in [-0.2, -0.15) is 10.1 Å². The minimum Gasteiger partial charge on any atom is -0.394 e. The molecule has 29 heavy (non-hydrogen) atoms. The predicted octanol–water partition coefficient (Wildman–Crippen LogP) is 2.73. The van der Waals surface area contributed by atoms with Gasteiger partial charge < -0.3 is 14.9 Å². The van der Waals surface area contributed by atoms with Crippen LogP contribution in [-0.4, -0.2) is 37.5 Å². The minimum absolute atomic E-state index is 0.0928. The van der Waals surface area contributed by atoms with Gasteiger partial charge in [-0.15, -0.1) is 11.3 Å². The molecule has 4 aromatic rings. The van der Waals surface area contributed by atoms with Crippen molar-refractivity contribution in [2.24, 2.45) is 7.05 Å². The van der Waals surface area contributed by atoms with Crippen molar-refractivity contribution in [3.63, 3.8) is 0 Å². The lowest BCUT2D eigenvalue weighted by atomic mass is 10.1. The van der Waals surface area contributed by atoms with Crippen molar-refractivity contribution in [3.8, 4) is 11.3 Å². The Bertz CT molecular complexity index is 1220. The smallest absolute Gasteiger partial charge is 0.262 e. The minimum atomic E-state index is -0.860. The van der Waals surface area contributed by atoms with E-state index < -0.39 is 30.2 Å². The molecule has 0 saturated carbocycles. The highest BCUT2D eigenvalue weighted by Gasteiger charge is 2.24. The number of rotatable bonds is 5. The maximum atomic E-state index is 14.2. The number of carbonyl (C=O) groups excluding carboxylic acids is 1. The highest BCUT2D eigenvalue weighted by molar-refractivity contribution is 7.20. The Hall–Kier alpha value is -3.18. The third-order valence-electron chi connectivity index (χ3n) is 4.25. The van der Waals surface area contributed by atoms with E-state index in [4.69, 9.17) is 4.52 Å². The number of aliphatic hydroxyl groups excluding tert-OH is 1. The van der Waals surface area contributed by atoms with Crippen LogP contribution in [0.25, 0.3) is 21.5 Å². The Morgan fingerprint density at radius 1 is 1.38 bits per heavy atom. The molecule has 3 aromatic heterocycles. The topological polar surface area (TPSA) is 106 Å². The molecule has 3 heterocycles. The lowest BCUT2D eigenvalue weighted by molar-refractivity contribution is 0.0905. The zero-order valence-electron chi connectivity index (χ0n) is 15.3. The number of hydrogen-bond acceptors (Lipinski definition) is 7. The Kier molecular flexibility index (Phi) is 4.84. The third-order valence-corrected chi connectivity index (χ3v) is 5.45.